The molecule has 0 fully saturated rings. The van der Waals surface area contributed by atoms with E-state index in [0.717, 1.165) is 0 Å². The molecule has 3 aromatic rings. The van der Waals surface area contributed by atoms with Crippen LogP contribution in [0.5, 0.6) is 5.88 Å². The third-order valence-corrected chi connectivity index (χ3v) is 4.05. The van der Waals surface area contributed by atoms with Crippen LogP contribution in [0.2, 0.25) is 0 Å². The average molecular weight is 335 g/mol. The summed E-state index contributed by atoms with van der Waals surface area (Å²) < 4.78 is 6.95. The average Bonchev–Trinajstić information content (AvgIpc) is 3.07. The third-order valence-electron chi connectivity index (χ3n) is 4.05. The van der Waals surface area contributed by atoms with Crippen LogP contribution in [-0.4, -0.2) is 21.6 Å². The third kappa shape index (κ3) is 2.28. The number of rotatable bonds is 2. The van der Waals surface area contributed by atoms with Crippen molar-refractivity contribution in [2.75, 3.05) is 0 Å². The summed E-state index contributed by atoms with van der Waals surface area (Å²) in [6, 6.07) is 14.1. The summed E-state index contributed by atoms with van der Waals surface area (Å²) in [7, 11) is 0. The van der Waals surface area contributed by atoms with E-state index in [1.807, 2.05) is 0 Å². The van der Waals surface area contributed by atoms with Crippen molar-refractivity contribution in [3.63, 3.8) is 0 Å². The zero-order valence-electron chi connectivity index (χ0n) is 13.2. The van der Waals surface area contributed by atoms with Gasteiger partial charge in [-0.25, -0.2) is 4.79 Å². The van der Waals surface area contributed by atoms with E-state index in [2.05, 4.69) is 10.2 Å². The lowest BCUT2D eigenvalue weighted by atomic mass is 10.1. The molecule has 4 rings (SSSR count). The number of amides is 1. The molecular weight excluding hydrogens is 322 g/mol. The molecule has 0 radical (unpaired) electrons. The Morgan fingerprint density at radius 1 is 1.16 bits per heavy atom. The van der Waals surface area contributed by atoms with E-state index in [4.69, 9.17) is 4.74 Å². The fraction of sp³-hybridized carbons (Fsp3) is 0.111. The number of azo groups is 1. The first kappa shape index (κ1) is 15.1. The summed E-state index contributed by atoms with van der Waals surface area (Å²) in [6.07, 6.45) is -0.810. The lowest BCUT2D eigenvalue weighted by molar-refractivity contribution is -0.116. The van der Waals surface area contributed by atoms with Crippen molar-refractivity contribution in [1.82, 2.24) is 4.57 Å². The lowest BCUT2D eigenvalue weighted by Gasteiger charge is -2.15. The highest BCUT2D eigenvalue weighted by molar-refractivity contribution is 5.97. The molecule has 25 heavy (non-hydrogen) atoms. The predicted molar refractivity (Wildman–Crippen MR) is 88.8 cm³/mol. The summed E-state index contributed by atoms with van der Waals surface area (Å²) in [5.41, 5.74) is 1.88. The van der Waals surface area contributed by atoms with E-state index in [1.54, 1.807) is 48.5 Å². The summed E-state index contributed by atoms with van der Waals surface area (Å²) in [6.45, 7) is 1.27. The van der Waals surface area contributed by atoms with Gasteiger partial charge in [-0.2, -0.15) is 0 Å². The highest BCUT2D eigenvalue weighted by Crippen LogP contribution is 2.44. The van der Waals surface area contributed by atoms with Crippen molar-refractivity contribution < 1.29 is 19.4 Å². The molecule has 0 aliphatic carbocycles. The fourth-order valence-electron chi connectivity index (χ4n) is 3.01. The van der Waals surface area contributed by atoms with Gasteiger partial charge in [0.2, 0.25) is 12.1 Å². The van der Waals surface area contributed by atoms with Crippen molar-refractivity contribution in [3.8, 4) is 5.88 Å². The van der Waals surface area contributed by atoms with Crippen LogP contribution in [0.1, 0.15) is 29.1 Å². The minimum Gasteiger partial charge on any atom is -0.493 e. The molecule has 0 saturated heterocycles. The zero-order valence-corrected chi connectivity index (χ0v) is 13.2. The zero-order chi connectivity index (χ0) is 17.6. The maximum Gasteiger partial charge on any atom is 0.340 e. The Morgan fingerprint density at radius 3 is 2.68 bits per heavy atom. The number of hydrogen-bond acceptors (Lipinski definition) is 5. The smallest absolute Gasteiger partial charge is 0.340 e. The van der Waals surface area contributed by atoms with Gasteiger partial charge in [0.1, 0.15) is 0 Å². The van der Waals surface area contributed by atoms with Crippen LogP contribution in [0.25, 0.3) is 10.9 Å². The first-order chi connectivity index (χ1) is 12.1. The van der Waals surface area contributed by atoms with Crippen LogP contribution in [0.4, 0.5) is 5.69 Å². The molecule has 0 spiro atoms. The molecule has 124 valence electrons. The second-order valence-corrected chi connectivity index (χ2v) is 5.62. The Hall–Kier alpha value is -3.48. The van der Waals surface area contributed by atoms with Gasteiger partial charge < -0.3 is 9.84 Å². The van der Waals surface area contributed by atoms with Gasteiger partial charge >= 0.3 is 5.97 Å². The molecule has 1 N–H and O–H groups in total. The van der Waals surface area contributed by atoms with E-state index in [0.29, 0.717) is 22.0 Å². The number of nitrogens with zero attached hydrogens (tertiary/aromatic N) is 3. The van der Waals surface area contributed by atoms with Crippen molar-refractivity contribution >= 4 is 28.5 Å². The fourth-order valence-corrected chi connectivity index (χ4v) is 3.01. The van der Waals surface area contributed by atoms with Gasteiger partial charge in [-0.15, -0.1) is 10.2 Å². The molecule has 0 saturated carbocycles. The summed E-state index contributed by atoms with van der Waals surface area (Å²) >= 11 is 0. The predicted octanol–water partition coefficient (Wildman–Crippen LogP) is 3.69. The SMILES string of the molecule is CC(=O)N=Nc1c(O)n(C2OC(=O)c3ccccc32)c2ccccc12. The second kappa shape index (κ2) is 5.55. The van der Waals surface area contributed by atoms with E-state index >= 15 is 0 Å². The quantitative estimate of drug-likeness (QED) is 0.571. The largest absolute Gasteiger partial charge is 0.493 e. The Bertz CT molecular complexity index is 1050. The van der Waals surface area contributed by atoms with E-state index in [1.165, 1.54) is 11.5 Å². The number of carbonyl (C=O) groups excluding carboxylic acids is 2. The maximum absolute atomic E-state index is 12.1. The van der Waals surface area contributed by atoms with Crippen LogP contribution in [-0.2, 0) is 9.53 Å². The van der Waals surface area contributed by atoms with Gasteiger partial charge in [0.25, 0.3) is 5.91 Å². The highest BCUT2D eigenvalue weighted by Gasteiger charge is 2.35. The number of ether oxygens (including phenoxy) is 1. The van der Waals surface area contributed by atoms with Crippen LogP contribution in [0, 0.1) is 0 Å². The van der Waals surface area contributed by atoms with Crippen LogP contribution in [0.3, 0.4) is 0 Å². The number of carbonyl (C=O) groups is 2. The van der Waals surface area contributed by atoms with Gasteiger partial charge in [-0.3, -0.25) is 9.36 Å². The van der Waals surface area contributed by atoms with Gasteiger partial charge in [0, 0.05) is 17.9 Å². The van der Waals surface area contributed by atoms with Crippen molar-refractivity contribution in [3.05, 3.63) is 59.7 Å². The van der Waals surface area contributed by atoms with Gasteiger partial charge in [-0.1, -0.05) is 36.4 Å². The minimum absolute atomic E-state index is 0.159. The summed E-state index contributed by atoms with van der Waals surface area (Å²) in [5, 5.41) is 18.7. The van der Waals surface area contributed by atoms with E-state index in [9.17, 15) is 14.7 Å². The van der Waals surface area contributed by atoms with E-state index < -0.39 is 18.1 Å². The van der Waals surface area contributed by atoms with Gasteiger partial charge in [0.15, 0.2) is 5.69 Å². The van der Waals surface area contributed by atoms with Crippen molar-refractivity contribution in [2.24, 2.45) is 10.2 Å². The first-order valence-corrected chi connectivity index (χ1v) is 7.62. The van der Waals surface area contributed by atoms with Gasteiger partial charge in [0.05, 0.1) is 11.1 Å². The number of hydrogen-bond donors (Lipinski definition) is 1. The summed E-state index contributed by atoms with van der Waals surface area (Å²) in [5.74, 6) is -1.15. The molecule has 7 heteroatoms. The number of esters is 1. The Morgan fingerprint density at radius 2 is 1.88 bits per heavy atom. The molecule has 1 unspecified atom stereocenters. The van der Waals surface area contributed by atoms with Gasteiger partial charge in [-0.05, 0) is 12.1 Å². The van der Waals surface area contributed by atoms with Crippen molar-refractivity contribution in [1.29, 1.82) is 0 Å². The molecule has 0 bridgehead atoms. The summed E-state index contributed by atoms with van der Waals surface area (Å²) in [4.78, 5) is 23.2. The van der Waals surface area contributed by atoms with Crippen LogP contribution < -0.4 is 0 Å². The Labute approximate surface area is 142 Å². The first-order valence-electron chi connectivity index (χ1n) is 7.62. The minimum atomic E-state index is -0.810. The number of fused-ring (bicyclic) bond motifs is 2. The Balaban J connectivity index is 1.96. The molecule has 2 heterocycles. The number of para-hydroxylation sites is 1. The van der Waals surface area contributed by atoms with E-state index in [-0.39, 0.29) is 11.6 Å². The van der Waals surface area contributed by atoms with Crippen LogP contribution >= 0.6 is 0 Å². The molecule has 1 atom stereocenters. The Kier molecular flexibility index (Phi) is 3.35. The number of aromatic hydroxyl groups is 1. The highest BCUT2D eigenvalue weighted by atomic mass is 16.6. The molecule has 2 aromatic carbocycles. The topological polar surface area (TPSA) is 93.2 Å². The number of benzene rings is 2. The molecule has 1 aliphatic heterocycles. The molecular formula is C18H13N3O4. The number of cyclic esters (lactones) is 1. The number of aromatic nitrogens is 1. The monoisotopic (exact) mass is 335 g/mol. The molecule has 1 amide bonds. The lowest BCUT2D eigenvalue weighted by Crippen LogP contribution is -2.09. The van der Waals surface area contributed by atoms with Crippen LogP contribution in [0.15, 0.2) is 58.8 Å². The molecule has 1 aliphatic rings. The standard InChI is InChI=1S/C18H13N3O4/c1-10(22)19-20-15-13-8-4-5-9-14(13)21(16(15)23)17-11-6-2-3-7-12(11)18(24)25-17/h2-9,17,23H,1H3. The second-order valence-electron chi connectivity index (χ2n) is 5.62. The maximum atomic E-state index is 12.1. The normalized spacial score (nSPS) is 16.4. The molecule has 1 aromatic heterocycles. The molecule has 7 nitrogen and oxygen atoms in total. The van der Waals surface area contributed by atoms with Crippen molar-refractivity contribution in [2.45, 2.75) is 13.2 Å².